The summed E-state index contributed by atoms with van der Waals surface area (Å²) in [5.41, 5.74) is 1.16. The molecule has 1 nitrogen and oxygen atoms in total. The molecule has 0 spiro atoms. The van der Waals surface area contributed by atoms with Crippen molar-refractivity contribution in [1.29, 1.82) is 0 Å². The molecule has 7 heavy (non-hydrogen) atoms. The fourth-order valence-electron chi connectivity index (χ4n) is 0.847. The molecule has 0 aromatic carbocycles. The maximum Gasteiger partial charge on any atom is 0.156 e. The van der Waals surface area contributed by atoms with Crippen molar-refractivity contribution in [3.63, 3.8) is 0 Å². The van der Waals surface area contributed by atoms with Crippen LogP contribution in [0.4, 0.5) is 0 Å². The maximum absolute atomic E-state index is 10.0. The Balaban J connectivity index is 2.26. The van der Waals surface area contributed by atoms with Crippen molar-refractivity contribution in [1.82, 2.24) is 0 Å². The molecule has 1 rings (SSSR count). The van der Waals surface area contributed by atoms with E-state index < -0.39 is 0 Å². The Bertz CT molecular complexity index is 66.5. The molecule has 0 amide bonds. The number of hydrogen-bond donors (Lipinski definition) is 1. The van der Waals surface area contributed by atoms with Crippen LogP contribution in [0.25, 0.3) is 0 Å². The quantitative estimate of drug-likeness (QED) is 0.401. The first-order valence-electron chi connectivity index (χ1n) is 2.63. The molecule has 0 aromatic rings. The van der Waals surface area contributed by atoms with Gasteiger partial charge in [-0.25, -0.2) is 0 Å². The Morgan fingerprint density at radius 2 is 1.86 bits per heavy atom. The Kier molecular flexibility index (Phi) is 1.74. The Hall–Kier alpha value is 0.0200. The van der Waals surface area contributed by atoms with Crippen LogP contribution in [0, 0.1) is 0 Å². The molecule has 0 unspecified atom stereocenters. The zero-order valence-corrected chi connectivity index (χ0v) is 5.16. The van der Waals surface area contributed by atoms with Crippen LogP contribution in [0.2, 0.25) is 0 Å². The largest absolute Gasteiger partial charge is 0.293 e. The molecule has 1 saturated heterocycles. The number of rotatable bonds is 1. The zero-order chi connectivity index (χ0) is 5.11. The summed E-state index contributed by atoms with van der Waals surface area (Å²) in [6.07, 6.45) is 2.59. The van der Waals surface area contributed by atoms with Gasteiger partial charge < -0.3 is 0 Å². The van der Waals surface area contributed by atoms with E-state index in [2.05, 4.69) is 0 Å². The van der Waals surface area contributed by atoms with Gasteiger partial charge in [-0.3, -0.25) is 4.79 Å². The van der Waals surface area contributed by atoms with E-state index in [0.717, 1.165) is 5.62 Å². The van der Waals surface area contributed by atoms with Crippen LogP contribution in [0.3, 0.4) is 0 Å². The predicted molar refractivity (Wildman–Crippen MR) is 34.7 cm³/mol. The third-order valence-electron chi connectivity index (χ3n) is 1.29. The summed E-state index contributed by atoms with van der Waals surface area (Å²) in [6, 6.07) is 0. The van der Waals surface area contributed by atoms with Crippen LogP contribution < -0.4 is 0 Å². The highest BCUT2D eigenvalue weighted by Crippen LogP contribution is 2.30. The topological polar surface area (TPSA) is 17.1 Å². The molecule has 2 heteroatoms. The van der Waals surface area contributed by atoms with E-state index in [0.29, 0.717) is 0 Å². The minimum atomic E-state index is -0.123. The first-order valence-corrected chi connectivity index (χ1v) is 4.41. The number of hydrogen-bond acceptors (Lipinski definition) is 1. The molecule has 0 N–H and O–H groups in total. The van der Waals surface area contributed by atoms with Crippen molar-refractivity contribution in [2.45, 2.75) is 12.8 Å². The Morgan fingerprint density at radius 1 is 1.29 bits per heavy atom. The van der Waals surface area contributed by atoms with Crippen molar-refractivity contribution < 1.29 is 4.79 Å². The molecule has 0 aliphatic carbocycles. The zero-order valence-electron chi connectivity index (χ0n) is 4.26. The van der Waals surface area contributed by atoms with E-state index in [4.69, 9.17) is 0 Å². The molecule has 0 bridgehead atoms. The lowest BCUT2D eigenvalue weighted by Crippen LogP contribution is -1.79. The summed E-state index contributed by atoms with van der Waals surface area (Å²) in [4.78, 5) is 10.0. The fraction of sp³-hybridized carbons (Fsp3) is 0.800. The van der Waals surface area contributed by atoms with Gasteiger partial charge in [0.2, 0.25) is 0 Å². The minimum absolute atomic E-state index is 0.123. The van der Waals surface area contributed by atoms with Gasteiger partial charge in [0.25, 0.3) is 0 Å². The van der Waals surface area contributed by atoms with Gasteiger partial charge in [0.15, 0.2) is 5.62 Å². The lowest BCUT2D eigenvalue weighted by atomic mass is 10.4. The van der Waals surface area contributed by atoms with Crippen molar-refractivity contribution in [2.75, 3.05) is 11.5 Å². The Labute approximate surface area is 46.4 Å². The maximum atomic E-state index is 10.0. The number of carbonyl (C=O) groups is 1. The van der Waals surface area contributed by atoms with Gasteiger partial charge in [0.05, 0.1) is 0 Å². The summed E-state index contributed by atoms with van der Waals surface area (Å²) in [5.74, 6) is 2.41. The summed E-state index contributed by atoms with van der Waals surface area (Å²) >= 11 is 0. The minimum Gasteiger partial charge on any atom is -0.293 e. The average Bonchev–Trinajstić information content (AvgIpc) is 2.14. The molecule has 42 valence electrons. The van der Waals surface area contributed by atoms with Gasteiger partial charge >= 0.3 is 0 Å². The third-order valence-corrected chi connectivity index (χ3v) is 3.37. The predicted octanol–water partition coefficient (Wildman–Crippen LogP) is 0.972. The van der Waals surface area contributed by atoms with Gasteiger partial charge in [0.1, 0.15) is 0 Å². The van der Waals surface area contributed by atoms with Crippen molar-refractivity contribution >= 4 is 16.5 Å². The molecule has 0 saturated carbocycles. The van der Waals surface area contributed by atoms with E-state index in [1.165, 1.54) is 24.3 Å². The lowest BCUT2D eigenvalue weighted by molar-refractivity contribution is 0.569. The second-order valence-corrected chi connectivity index (χ2v) is 4.13. The van der Waals surface area contributed by atoms with Crippen molar-refractivity contribution in [3.8, 4) is 0 Å². The SMILES string of the molecule is O=C[SH]1CCCC1. The van der Waals surface area contributed by atoms with Crippen LogP contribution in [0.5, 0.6) is 0 Å². The van der Waals surface area contributed by atoms with E-state index in [9.17, 15) is 4.79 Å². The van der Waals surface area contributed by atoms with E-state index in [1.807, 2.05) is 0 Å². The number of carbonyl (C=O) groups excluding carboxylic acids is 1. The molecule has 0 aromatic heterocycles. The molecule has 1 aliphatic heterocycles. The van der Waals surface area contributed by atoms with Crippen LogP contribution in [-0.4, -0.2) is 17.1 Å². The molecule has 1 heterocycles. The van der Waals surface area contributed by atoms with Gasteiger partial charge in [0, 0.05) is 0 Å². The van der Waals surface area contributed by atoms with Gasteiger partial charge in [-0.15, -0.1) is 0 Å². The molecule has 0 atom stereocenters. The summed E-state index contributed by atoms with van der Waals surface area (Å²) < 4.78 is 0. The van der Waals surface area contributed by atoms with Crippen LogP contribution >= 0.6 is 10.9 Å². The van der Waals surface area contributed by atoms with Gasteiger partial charge in [-0.05, 0) is 24.3 Å². The molecular weight excluding hydrogens is 108 g/mol. The molecule has 1 fully saturated rings. The summed E-state index contributed by atoms with van der Waals surface area (Å²) in [6.45, 7) is 0. The highest BCUT2D eigenvalue weighted by atomic mass is 32.2. The van der Waals surface area contributed by atoms with Crippen LogP contribution in [0.15, 0.2) is 0 Å². The first-order chi connectivity index (χ1) is 3.43. The molecular formula is C5H10OS. The average molecular weight is 118 g/mol. The smallest absolute Gasteiger partial charge is 0.156 e. The van der Waals surface area contributed by atoms with Gasteiger partial charge in [-0.2, -0.15) is 10.9 Å². The van der Waals surface area contributed by atoms with Crippen LogP contribution in [0.1, 0.15) is 12.8 Å². The normalized spacial score (nSPS) is 25.4. The second kappa shape index (κ2) is 2.36. The number of thiol groups is 1. The van der Waals surface area contributed by atoms with E-state index >= 15 is 0 Å². The Morgan fingerprint density at radius 3 is 2.14 bits per heavy atom. The summed E-state index contributed by atoms with van der Waals surface area (Å²) in [5, 5.41) is 0. The molecule has 0 radical (unpaired) electrons. The second-order valence-electron chi connectivity index (χ2n) is 1.85. The lowest BCUT2D eigenvalue weighted by Gasteiger charge is -1.98. The molecule has 1 aliphatic rings. The highest BCUT2D eigenvalue weighted by molar-refractivity contribution is 8.28. The van der Waals surface area contributed by atoms with Crippen molar-refractivity contribution in [2.24, 2.45) is 0 Å². The van der Waals surface area contributed by atoms with E-state index in [-0.39, 0.29) is 10.9 Å². The van der Waals surface area contributed by atoms with Gasteiger partial charge in [-0.1, -0.05) is 0 Å². The van der Waals surface area contributed by atoms with Crippen molar-refractivity contribution in [3.05, 3.63) is 0 Å². The van der Waals surface area contributed by atoms with E-state index in [1.54, 1.807) is 0 Å². The van der Waals surface area contributed by atoms with Crippen LogP contribution in [-0.2, 0) is 4.79 Å². The fourth-order valence-corrected chi connectivity index (χ4v) is 2.54. The first kappa shape index (κ1) is 5.16. The summed E-state index contributed by atoms with van der Waals surface area (Å²) in [7, 11) is -0.123. The third kappa shape index (κ3) is 1.20. The standard InChI is InChI=1S/C5H10OS/c6-5-7-3-1-2-4-7/h5,7H,1-4H2. The monoisotopic (exact) mass is 118 g/mol. The highest BCUT2D eigenvalue weighted by Gasteiger charge is 2.07.